The lowest BCUT2D eigenvalue weighted by molar-refractivity contribution is 0.415. The number of rotatable bonds is 4. The summed E-state index contributed by atoms with van der Waals surface area (Å²) in [5.74, 6) is 1.64. The van der Waals surface area contributed by atoms with Crippen LogP contribution in [0, 0.1) is 0 Å². The van der Waals surface area contributed by atoms with Gasteiger partial charge < -0.3 is 14.4 Å². The van der Waals surface area contributed by atoms with E-state index in [1.54, 1.807) is 37.5 Å². The van der Waals surface area contributed by atoms with Crippen molar-refractivity contribution < 1.29 is 14.4 Å². The topological polar surface area (TPSA) is 68.4 Å². The lowest BCUT2D eigenvalue weighted by Crippen LogP contribution is -1.81. The first-order valence-corrected chi connectivity index (χ1v) is 6.70. The van der Waals surface area contributed by atoms with Crippen LogP contribution in [0.25, 0.3) is 23.6 Å². The summed E-state index contributed by atoms with van der Waals surface area (Å²) in [6.07, 6.45) is 3.62. The van der Waals surface area contributed by atoms with Gasteiger partial charge in [0.2, 0.25) is 0 Å². The van der Waals surface area contributed by atoms with E-state index in [2.05, 4.69) is 10.1 Å². The first kappa shape index (κ1) is 13.9. The van der Waals surface area contributed by atoms with Crippen molar-refractivity contribution in [2.45, 2.75) is 0 Å². The predicted octanol–water partition coefficient (Wildman–Crippen LogP) is 3.62. The highest BCUT2D eigenvalue weighted by atomic mass is 16.5. The van der Waals surface area contributed by atoms with Crippen LogP contribution in [0.4, 0.5) is 0 Å². The van der Waals surface area contributed by atoms with Gasteiger partial charge in [0.1, 0.15) is 11.5 Å². The van der Waals surface area contributed by atoms with Crippen LogP contribution in [0.5, 0.6) is 11.5 Å². The fourth-order valence-corrected chi connectivity index (χ4v) is 1.95. The van der Waals surface area contributed by atoms with Gasteiger partial charge in [-0.05, 0) is 35.9 Å². The molecule has 0 atom stereocenters. The molecule has 3 aromatic rings. The van der Waals surface area contributed by atoms with Crippen molar-refractivity contribution in [3.8, 4) is 23.0 Å². The molecule has 1 heterocycles. The molecule has 0 bridgehead atoms. The lowest BCUT2D eigenvalue weighted by Gasteiger charge is -1.98. The van der Waals surface area contributed by atoms with E-state index in [1.165, 1.54) is 0 Å². The number of hydrogen-bond donors (Lipinski definition) is 1. The summed E-state index contributed by atoms with van der Waals surface area (Å²) < 4.78 is 10.3. The number of phenols is 1. The molecule has 0 spiro atoms. The first-order chi connectivity index (χ1) is 10.8. The summed E-state index contributed by atoms with van der Waals surface area (Å²) in [4.78, 5) is 4.24. The van der Waals surface area contributed by atoms with Crippen molar-refractivity contribution in [2.75, 3.05) is 7.11 Å². The van der Waals surface area contributed by atoms with Crippen LogP contribution in [0.1, 0.15) is 11.4 Å². The molecular formula is C17H14N2O3. The van der Waals surface area contributed by atoms with E-state index in [0.717, 1.165) is 11.3 Å². The number of para-hydroxylation sites is 1. The molecule has 22 heavy (non-hydrogen) atoms. The van der Waals surface area contributed by atoms with Crippen LogP contribution in [0.3, 0.4) is 0 Å². The Hall–Kier alpha value is -3.08. The lowest BCUT2D eigenvalue weighted by atomic mass is 10.2. The van der Waals surface area contributed by atoms with Gasteiger partial charge in [-0.2, -0.15) is 4.98 Å². The second kappa shape index (κ2) is 6.13. The highest BCUT2D eigenvalue weighted by Crippen LogP contribution is 2.27. The van der Waals surface area contributed by atoms with Crippen molar-refractivity contribution >= 4 is 12.2 Å². The van der Waals surface area contributed by atoms with Gasteiger partial charge in [-0.15, -0.1) is 0 Å². The van der Waals surface area contributed by atoms with E-state index in [4.69, 9.17) is 9.26 Å². The largest absolute Gasteiger partial charge is 0.507 e. The summed E-state index contributed by atoms with van der Waals surface area (Å²) in [7, 11) is 1.63. The monoisotopic (exact) mass is 294 g/mol. The maximum absolute atomic E-state index is 9.77. The van der Waals surface area contributed by atoms with Crippen molar-refractivity contribution in [3.05, 3.63) is 59.9 Å². The molecule has 0 aliphatic carbocycles. The molecule has 1 N–H and O–H groups in total. The highest BCUT2D eigenvalue weighted by Gasteiger charge is 2.10. The van der Waals surface area contributed by atoms with Crippen LogP contribution in [0.2, 0.25) is 0 Å². The maximum Gasteiger partial charge on any atom is 0.261 e. The van der Waals surface area contributed by atoms with E-state index in [1.807, 2.05) is 30.3 Å². The molecular weight excluding hydrogens is 280 g/mol. The van der Waals surface area contributed by atoms with Crippen LogP contribution >= 0.6 is 0 Å². The fraction of sp³-hybridized carbons (Fsp3) is 0.0588. The summed E-state index contributed by atoms with van der Waals surface area (Å²) in [5, 5.41) is 13.6. The van der Waals surface area contributed by atoms with E-state index >= 15 is 0 Å². The molecule has 0 aliphatic heterocycles. The molecule has 3 rings (SSSR count). The molecule has 5 nitrogen and oxygen atoms in total. The van der Waals surface area contributed by atoms with E-state index in [-0.39, 0.29) is 11.6 Å². The Morgan fingerprint density at radius 2 is 1.82 bits per heavy atom. The number of phenolic OH excluding ortho intramolecular Hbond substituents is 1. The predicted molar refractivity (Wildman–Crippen MR) is 83.3 cm³/mol. The number of benzene rings is 2. The van der Waals surface area contributed by atoms with Gasteiger partial charge in [-0.25, -0.2) is 0 Å². The molecule has 5 heteroatoms. The summed E-state index contributed by atoms with van der Waals surface area (Å²) in [6.45, 7) is 0. The molecule has 2 aromatic carbocycles. The van der Waals surface area contributed by atoms with Crippen LogP contribution in [-0.2, 0) is 0 Å². The van der Waals surface area contributed by atoms with Crippen LogP contribution < -0.4 is 4.74 Å². The molecule has 0 aliphatic rings. The quantitative estimate of drug-likeness (QED) is 0.796. The Balaban J connectivity index is 1.79. The standard InChI is InChI=1S/C17H14N2O3/c1-21-13-9-6-12(7-10-13)8-11-16-18-17(22-19-16)14-4-2-3-5-15(14)20/h2-11,20H,1H3/b11-8+. The Labute approximate surface area is 127 Å². The Morgan fingerprint density at radius 3 is 2.55 bits per heavy atom. The SMILES string of the molecule is COc1ccc(/C=C/c2noc(-c3ccccc3O)n2)cc1. The third kappa shape index (κ3) is 2.98. The zero-order valence-electron chi connectivity index (χ0n) is 11.9. The second-order valence-corrected chi connectivity index (χ2v) is 4.58. The van der Waals surface area contributed by atoms with Gasteiger partial charge in [0.25, 0.3) is 5.89 Å². The molecule has 0 amide bonds. The zero-order valence-corrected chi connectivity index (χ0v) is 11.9. The minimum Gasteiger partial charge on any atom is -0.507 e. The molecule has 110 valence electrons. The Bertz CT molecular complexity index is 792. The number of methoxy groups -OCH3 is 1. The Kier molecular flexibility index (Phi) is 3.87. The van der Waals surface area contributed by atoms with Crippen molar-refractivity contribution in [1.29, 1.82) is 0 Å². The highest BCUT2D eigenvalue weighted by molar-refractivity contribution is 5.68. The van der Waals surface area contributed by atoms with Gasteiger partial charge >= 0.3 is 0 Å². The summed E-state index contributed by atoms with van der Waals surface area (Å²) >= 11 is 0. The average Bonchev–Trinajstić information content (AvgIpc) is 3.02. The van der Waals surface area contributed by atoms with Gasteiger partial charge in [0.05, 0.1) is 12.7 Å². The van der Waals surface area contributed by atoms with Crippen LogP contribution in [-0.4, -0.2) is 22.4 Å². The molecule has 0 fully saturated rings. The van der Waals surface area contributed by atoms with E-state index < -0.39 is 0 Å². The molecule has 0 saturated heterocycles. The van der Waals surface area contributed by atoms with E-state index in [9.17, 15) is 5.11 Å². The minimum atomic E-state index is 0.108. The summed E-state index contributed by atoms with van der Waals surface area (Å²) in [5.41, 5.74) is 1.51. The normalized spacial score (nSPS) is 11.0. The molecule has 0 saturated carbocycles. The average molecular weight is 294 g/mol. The van der Waals surface area contributed by atoms with Gasteiger partial charge in [-0.1, -0.05) is 35.5 Å². The van der Waals surface area contributed by atoms with E-state index in [0.29, 0.717) is 11.4 Å². The number of ether oxygens (including phenoxy) is 1. The molecule has 0 unspecified atom stereocenters. The third-order valence-electron chi connectivity index (χ3n) is 3.12. The maximum atomic E-state index is 9.77. The third-order valence-corrected chi connectivity index (χ3v) is 3.12. The van der Waals surface area contributed by atoms with Crippen LogP contribution in [0.15, 0.2) is 53.1 Å². The minimum absolute atomic E-state index is 0.108. The van der Waals surface area contributed by atoms with Crippen molar-refractivity contribution in [1.82, 2.24) is 10.1 Å². The zero-order chi connectivity index (χ0) is 15.4. The second-order valence-electron chi connectivity index (χ2n) is 4.58. The van der Waals surface area contributed by atoms with Gasteiger partial charge in [-0.3, -0.25) is 0 Å². The van der Waals surface area contributed by atoms with Crippen molar-refractivity contribution in [3.63, 3.8) is 0 Å². The van der Waals surface area contributed by atoms with Gasteiger partial charge in [0.15, 0.2) is 5.82 Å². The number of aromatic hydroxyl groups is 1. The molecule has 0 radical (unpaired) electrons. The van der Waals surface area contributed by atoms with Gasteiger partial charge in [0, 0.05) is 0 Å². The number of aromatic nitrogens is 2. The smallest absolute Gasteiger partial charge is 0.261 e. The number of hydrogen-bond acceptors (Lipinski definition) is 5. The van der Waals surface area contributed by atoms with Crippen molar-refractivity contribution in [2.24, 2.45) is 0 Å². The number of nitrogens with zero attached hydrogens (tertiary/aromatic N) is 2. The fourth-order valence-electron chi connectivity index (χ4n) is 1.95. The summed E-state index contributed by atoms with van der Waals surface area (Å²) in [6, 6.07) is 14.4. The molecule has 1 aromatic heterocycles. The first-order valence-electron chi connectivity index (χ1n) is 6.70. The Morgan fingerprint density at radius 1 is 1.05 bits per heavy atom.